The third kappa shape index (κ3) is 2.65. The van der Waals surface area contributed by atoms with Crippen LogP contribution in [0.4, 0.5) is 0 Å². The van der Waals surface area contributed by atoms with Crippen molar-refractivity contribution in [3.05, 3.63) is 29.3 Å². The molecular weight excluding hydrogens is 274 g/mol. The number of carbonyl (C=O) groups excluding carboxylic acids is 1. The minimum Gasteiger partial charge on any atom is -0.493 e. The number of nitrogens with zero attached hydrogens (tertiary/aromatic N) is 1. The SMILES string of the molecule is COCCN1C(=O)CCSC1c1ccc2c(c1)CCO2. The lowest BCUT2D eigenvalue weighted by atomic mass is 10.1. The largest absolute Gasteiger partial charge is 0.493 e. The van der Waals surface area contributed by atoms with Crippen molar-refractivity contribution in [2.45, 2.75) is 18.2 Å². The quantitative estimate of drug-likeness (QED) is 0.853. The van der Waals surface area contributed by atoms with Gasteiger partial charge >= 0.3 is 0 Å². The summed E-state index contributed by atoms with van der Waals surface area (Å²) in [6.45, 7) is 2.00. The van der Waals surface area contributed by atoms with Crippen LogP contribution in [0.1, 0.15) is 22.9 Å². The first-order chi connectivity index (χ1) is 9.79. The Bertz CT molecular complexity index is 506. The minimum atomic E-state index is 0.109. The number of amides is 1. The maximum absolute atomic E-state index is 12.1. The molecule has 0 aromatic heterocycles. The summed E-state index contributed by atoms with van der Waals surface area (Å²) in [6.07, 6.45) is 1.59. The number of carbonyl (C=O) groups is 1. The zero-order valence-corrected chi connectivity index (χ0v) is 12.4. The summed E-state index contributed by atoms with van der Waals surface area (Å²) in [5.74, 6) is 2.10. The average molecular weight is 293 g/mol. The lowest BCUT2D eigenvalue weighted by Crippen LogP contribution is -2.39. The summed E-state index contributed by atoms with van der Waals surface area (Å²) >= 11 is 1.83. The first-order valence-corrected chi connectivity index (χ1v) is 8.00. The van der Waals surface area contributed by atoms with E-state index < -0.39 is 0 Å². The molecule has 1 saturated heterocycles. The number of benzene rings is 1. The molecule has 1 atom stereocenters. The number of hydrogen-bond donors (Lipinski definition) is 0. The molecule has 3 rings (SSSR count). The van der Waals surface area contributed by atoms with E-state index in [1.807, 2.05) is 22.7 Å². The van der Waals surface area contributed by atoms with Gasteiger partial charge in [-0.3, -0.25) is 4.79 Å². The van der Waals surface area contributed by atoms with E-state index >= 15 is 0 Å². The second kappa shape index (κ2) is 6.06. The van der Waals surface area contributed by atoms with Crippen molar-refractivity contribution in [3.63, 3.8) is 0 Å². The molecule has 0 spiro atoms. The highest BCUT2D eigenvalue weighted by atomic mass is 32.2. The van der Waals surface area contributed by atoms with Gasteiger partial charge in [-0.05, 0) is 23.3 Å². The van der Waals surface area contributed by atoms with E-state index in [0.29, 0.717) is 19.6 Å². The zero-order valence-electron chi connectivity index (χ0n) is 11.6. The summed E-state index contributed by atoms with van der Waals surface area (Å²) in [6, 6.07) is 6.31. The van der Waals surface area contributed by atoms with Gasteiger partial charge in [-0.25, -0.2) is 0 Å². The van der Waals surface area contributed by atoms with Gasteiger partial charge in [-0.15, -0.1) is 11.8 Å². The molecule has 0 bridgehead atoms. The fourth-order valence-corrected chi connectivity index (χ4v) is 3.95. The zero-order chi connectivity index (χ0) is 13.9. The Hall–Kier alpha value is -1.20. The molecule has 4 nitrogen and oxygen atoms in total. The molecule has 20 heavy (non-hydrogen) atoms. The second-order valence-corrected chi connectivity index (χ2v) is 6.21. The van der Waals surface area contributed by atoms with Crippen molar-refractivity contribution >= 4 is 17.7 Å². The Morgan fingerprint density at radius 1 is 1.45 bits per heavy atom. The van der Waals surface area contributed by atoms with Gasteiger partial charge in [-0.1, -0.05) is 6.07 Å². The van der Waals surface area contributed by atoms with Crippen molar-refractivity contribution in [3.8, 4) is 5.75 Å². The molecule has 0 saturated carbocycles. The normalized spacial score (nSPS) is 21.8. The van der Waals surface area contributed by atoms with Gasteiger partial charge in [0.15, 0.2) is 0 Å². The van der Waals surface area contributed by atoms with Crippen LogP contribution in [0.25, 0.3) is 0 Å². The number of fused-ring (bicyclic) bond motifs is 1. The Morgan fingerprint density at radius 3 is 3.20 bits per heavy atom. The van der Waals surface area contributed by atoms with Crippen molar-refractivity contribution in [1.29, 1.82) is 0 Å². The molecule has 1 unspecified atom stereocenters. The molecule has 5 heteroatoms. The van der Waals surface area contributed by atoms with Crippen LogP contribution in [0, 0.1) is 0 Å². The second-order valence-electron chi connectivity index (χ2n) is 5.02. The van der Waals surface area contributed by atoms with Gasteiger partial charge in [0, 0.05) is 32.2 Å². The van der Waals surface area contributed by atoms with Crippen LogP contribution in [-0.4, -0.2) is 43.4 Å². The minimum absolute atomic E-state index is 0.109. The fraction of sp³-hybridized carbons (Fsp3) is 0.533. The monoisotopic (exact) mass is 293 g/mol. The standard InChI is InChI=1S/C15H19NO3S/c1-18-8-6-16-14(17)5-9-20-15(16)12-2-3-13-11(10-12)4-7-19-13/h2-3,10,15H,4-9H2,1H3. The highest BCUT2D eigenvalue weighted by Gasteiger charge is 2.30. The topological polar surface area (TPSA) is 38.8 Å². The molecule has 108 valence electrons. The van der Waals surface area contributed by atoms with E-state index in [1.54, 1.807) is 7.11 Å². The van der Waals surface area contributed by atoms with E-state index in [-0.39, 0.29) is 11.3 Å². The molecule has 1 aromatic rings. The van der Waals surface area contributed by atoms with Gasteiger partial charge in [0.2, 0.25) is 5.91 Å². The van der Waals surface area contributed by atoms with E-state index in [2.05, 4.69) is 12.1 Å². The van der Waals surface area contributed by atoms with Gasteiger partial charge in [-0.2, -0.15) is 0 Å². The predicted molar refractivity (Wildman–Crippen MR) is 79.0 cm³/mol. The highest BCUT2D eigenvalue weighted by Crippen LogP contribution is 2.39. The molecule has 1 aromatic carbocycles. The maximum Gasteiger partial charge on any atom is 0.224 e. The Balaban J connectivity index is 1.84. The molecule has 0 aliphatic carbocycles. The lowest BCUT2D eigenvalue weighted by Gasteiger charge is -2.35. The number of rotatable bonds is 4. The van der Waals surface area contributed by atoms with Crippen molar-refractivity contribution in [1.82, 2.24) is 4.90 Å². The third-order valence-electron chi connectivity index (χ3n) is 3.73. The Morgan fingerprint density at radius 2 is 2.35 bits per heavy atom. The van der Waals surface area contributed by atoms with E-state index in [1.165, 1.54) is 11.1 Å². The maximum atomic E-state index is 12.1. The van der Waals surface area contributed by atoms with Crippen LogP contribution >= 0.6 is 11.8 Å². The van der Waals surface area contributed by atoms with E-state index in [9.17, 15) is 4.79 Å². The fourth-order valence-electron chi connectivity index (χ4n) is 2.69. The number of thioether (sulfide) groups is 1. The van der Waals surface area contributed by atoms with Crippen LogP contribution in [0.3, 0.4) is 0 Å². The van der Waals surface area contributed by atoms with Crippen LogP contribution in [-0.2, 0) is 16.0 Å². The average Bonchev–Trinajstić information content (AvgIpc) is 2.93. The molecule has 2 heterocycles. The number of methoxy groups -OCH3 is 1. The molecule has 2 aliphatic rings. The number of ether oxygens (including phenoxy) is 2. The summed E-state index contributed by atoms with van der Waals surface area (Å²) in [5.41, 5.74) is 2.45. The van der Waals surface area contributed by atoms with Crippen molar-refractivity contribution in [2.75, 3.05) is 32.6 Å². The van der Waals surface area contributed by atoms with Gasteiger partial charge < -0.3 is 14.4 Å². The first kappa shape index (κ1) is 13.8. The summed E-state index contributed by atoms with van der Waals surface area (Å²) in [7, 11) is 1.67. The predicted octanol–water partition coefficient (Wildman–Crippen LogP) is 2.23. The Kier molecular flexibility index (Phi) is 4.17. The van der Waals surface area contributed by atoms with E-state index in [0.717, 1.165) is 24.5 Å². The van der Waals surface area contributed by atoms with Crippen LogP contribution < -0.4 is 4.74 Å². The molecule has 1 amide bonds. The lowest BCUT2D eigenvalue weighted by molar-refractivity contribution is -0.132. The summed E-state index contributed by atoms with van der Waals surface area (Å²) in [5, 5.41) is 0.109. The first-order valence-electron chi connectivity index (χ1n) is 6.95. The van der Waals surface area contributed by atoms with Crippen molar-refractivity contribution in [2.24, 2.45) is 0 Å². The molecule has 1 fully saturated rings. The summed E-state index contributed by atoms with van der Waals surface area (Å²) in [4.78, 5) is 14.1. The summed E-state index contributed by atoms with van der Waals surface area (Å²) < 4.78 is 10.7. The molecule has 0 radical (unpaired) electrons. The van der Waals surface area contributed by atoms with Gasteiger partial charge in [0.25, 0.3) is 0 Å². The van der Waals surface area contributed by atoms with Crippen molar-refractivity contribution < 1.29 is 14.3 Å². The molecule has 2 aliphatic heterocycles. The molecule has 0 N–H and O–H groups in total. The van der Waals surface area contributed by atoms with Crippen LogP contribution in [0.15, 0.2) is 18.2 Å². The third-order valence-corrected chi connectivity index (χ3v) is 5.01. The highest BCUT2D eigenvalue weighted by molar-refractivity contribution is 7.99. The van der Waals surface area contributed by atoms with E-state index in [4.69, 9.17) is 9.47 Å². The molecular formula is C15H19NO3S. The van der Waals surface area contributed by atoms with Gasteiger partial charge in [0.05, 0.1) is 13.2 Å². The van der Waals surface area contributed by atoms with Crippen LogP contribution in [0.2, 0.25) is 0 Å². The van der Waals surface area contributed by atoms with Gasteiger partial charge in [0.1, 0.15) is 11.1 Å². The van der Waals surface area contributed by atoms with Crippen LogP contribution in [0.5, 0.6) is 5.75 Å². The number of hydrogen-bond acceptors (Lipinski definition) is 4. The smallest absolute Gasteiger partial charge is 0.224 e. The Labute approximate surface area is 123 Å².